The molecule has 6 rings (SSSR count). The summed E-state index contributed by atoms with van der Waals surface area (Å²) in [7, 11) is 0.569. The van der Waals surface area contributed by atoms with Gasteiger partial charge in [-0.15, -0.1) is 0 Å². The maximum absolute atomic E-state index is 12.5. The van der Waals surface area contributed by atoms with Crippen LogP contribution in [0.25, 0.3) is 34.2 Å². The molecule has 298 valence electrons. The molecule has 4 heterocycles. The van der Waals surface area contributed by atoms with Crippen molar-refractivity contribution < 1.29 is 19.0 Å². The summed E-state index contributed by atoms with van der Waals surface area (Å²) in [5.41, 5.74) is 7.47. The molecule has 2 fully saturated rings. The van der Waals surface area contributed by atoms with Gasteiger partial charge in [-0.1, -0.05) is 43.9 Å². The fourth-order valence-electron chi connectivity index (χ4n) is 7.39. The Labute approximate surface area is 329 Å². The number of nitrogens with zero attached hydrogens (tertiary/aromatic N) is 7. The third-order valence-corrected chi connectivity index (χ3v) is 12.3. The first-order valence-corrected chi connectivity index (χ1v) is 23.8. The van der Waals surface area contributed by atoms with Crippen molar-refractivity contribution in [3.8, 4) is 11.1 Å². The zero-order chi connectivity index (χ0) is 39.2. The zero-order valence-electron chi connectivity index (χ0n) is 34.5. The molecule has 0 atom stereocenters. The summed E-state index contributed by atoms with van der Waals surface area (Å²) < 4.78 is 21.2. The van der Waals surface area contributed by atoms with Crippen LogP contribution in [0.1, 0.15) is 62.0 Å². The Bertz CT molecular complexity index is 1910. The van der Waals surface area contributed by atoms with Crippen LogP contribution in [-0.4, -0.2) is 120 Å². The first-order chi connectivity index (χ1) is 26.2. The number of carbonyl (C=O) groups excluding carboxylic acids is 1. The maximum atomic E-state index is 12.5. The van der Waals surface area contributed by atoms with E-state index in [9.17, 15) is 4.79 Å². The van der Waals surface area contributed by atoms with Crippen molar-refractivity contribution in [1.29, 1.82) is 0 Å². The number of ether oxygens (including phenoxy) is 3. The van der Waals surface area contributed by atoms with E-state index in [1.54, 1.807) is 7.11 Å². The van der Waals surface area contributed by atoms with Crippen molar-refractivity contribution in [3.63, 3.8) is 0 Å². The first-order valence-electron chi connectivity index (χ1n) is 20.1. The Kier molecular flexibility index (Phi) is 13.3. The number of benzene rings is 2. The minimum absolute atomic E-state index is 0.222. The van der Waals surface area contributed by atoms with E-state index in [1.165, 1.54) is 22.3 Å². The largest absolute Gasteiger partial charge is 0.444 e. The Morgan fingerprint density at radius 2 is 1.71 bits per heavy atom. The SMILES string of the molecule is COCCN1CCC(n2cc(/C=C/c3nn(COCC[Si](C)(C)C)c4ccc(-c5ccc(CN6CCN(C(=O)OC(C)(C)C)CC6)cc5C)cc34)cn2)CC1. The second-order valence-electron chi connectivity index (χ2n) is 17.5. The standard InChI is InChI=1S/C43H63N7O4Si/c1-33-27-34(30-47-19-21-48(22-20-47)42(51)54-43(2,3)4)9-12-38(33)36-11-14-41-39(28-36)40(45-50(41)32-53-25-26-55(6,7)8)13-10-35-29-44-49(31-35)37-15-17-46(18-16-37)23-24-52-5/h9-14,27-29,31,37H,15-26,30,32H2,1-8H3/b13-10+. The summed E-state index contributed by atoms with van der Waals surface area (Å²) in [6, 6.07) is 15.0. The highest BCUT2D eigenvalue weighted by molar-refractivity contribution is 6.76. The summed E-state index contributed by atoms with van der Waals surface area (Å²) in [6.07, 6.45) is 10.4. The highest BCUT2D eigenvalue weighted by Crippen LogP contribution is 2.31. The van der Waals surface area contributed by atoms with Gasteiger partial charge in [0.05, 0.1) is 30.1 Å². The van der Waals surface area contributed by atoms with Crippen LogP contribution < -0.4 is 0 Å². The number of aromatic nitrogens is 4. The van der Waals surface area contributed by atoms with E-state index in [0.717, 1.165) is 93.5 Å². The maximum Gasteiger partial charge on any atom is 0.410 e. The number of carbonyl (C=O) groups is 1. The summed E-state index contributed by atoms with van der Waals surface area (Å²) >= 11 is 0. The van der Waals surface area contributed by atoms with Gasteiger partial charge in [0.2, 0.25) is 0 Å². The molecule has 55 heavy (non-hydrogen) atoms. The lowest BCUT2D eigenvalue weighted by Crippen LogP contribution is -2.49. The number of likely N-dealkylation sites (tertiary alicyclic amines) is 1. The van der Waals surface area contributed by atoms with E-state index in [4.69, 9.17) is 24.4 Å². The van der Waals surface area contributed by atoms with Crippen LogP contribution in [0.5, 0.6) is 0 Å². The van der Waals surface area contributed by atoms with Crippen molar-refractivity contribution >= 4 is 37.2 Å². The normalized spacial score (nSPS) is 16.8. The highest BCUT2D eigenvalue weighted by atomic mass is 28.3. The average Bonchev–Trinajstić information content (AvgIpc) is 3.75. The van der Waals surface area contributed by atoms with Crippen molar-refractivity contribution in [2.24, 2.45) is 0 Å². The van der Waals surface area contributed by atoms with Gasteiger partial charge >= 0.3 is 6.09 Å². The monoisotopic (exact) mass is 769 g/mol. The number of methoxy groups -OCH3 is 1. The number of fused-ring (bicyclic) bond motifs is 1. The molecule has 2 saturated heterocycles. The molecule has 2 aromatic heterocycles. The quantitative estimate of drug-likeness (QED) is 0.0942. The highest BCUT2D eigenvalue weighted by Gasteiger charge is 2.26. The second kappa shape index (κ2) is 18.0. The van der Waals surface area contributed by atoms with Crippen LogP contribution >= 0.6 is 0 Å². The van der Waals surface area contributed by atoms with Crippen LogP contribution in [0.3, 0.4) is 0 Å². The Hall–Kier alpha value is -3.81. The van der Waals surface area contributed by atoms with E-state index < -0.39 is 13.7 Å². The van der Waals surface area contributed by atoms with Gasteiger partial charge in [-0.25, -0.2) is 9.48 Å². The Morgan fingerprint density at radius 3 is 2.40 bits per heavy atom. The van der Waals surface area contributed by atoms with Gasteiger partial charge in [0, 0.05) is 91.3 Å². The van der Waals surface area contributed by atoms with Gasteiger partial charge in [0.1, 0.15) is 12.3 Å². The van der Waals surface area contributed by atoms with E-state index in [0.29, 0.717) is 25.9 Å². The van der Waals surface area contributed by atoms with Gasteiger partial charge in [-0.05, 0) is 93.1 Å². The molecule has 4 aromatic rings. The van der Waals surface area contributed by atoms with Crippen LogP contribution in [0, 0.1) is 6.92 Å². The van der Waals surface area contributed by atoms with Gasteiger partial charge in [-0.3, -0.25) is 9.58 Å². The van der Waals surface area contributed by atoms with Gasteiger partial charge in [0.15, 0.2) is 0 Å². The van der Waals surface area contributed by atoms with Crippen molar-refractivity contribution in [3.05, 3.63) is 71.2 Å². The van der Waals surface area contributed by atoms with Gasteiger partial charge in [0.25, 0.3) is 0 Å². The topological polar surface area (TPSA) is 90.1 Å². The number of piperazine rings is 1. The molecule has 0 N–H and O–H groups in total. The van der Waals surface area contributed by atoms with Gasteiger partial charge in [-0.2, -0.15) is 10.2 Å². The summed E-state index contributed by atoms with van der Waals surface area (Å²) in [5.74, 6) is 0. The molecular formula is C43H63N7O4Si. The molecule has 1 amide bonds. The van der Waals surface area contributed by atoms with E-state index in [2.05, 4.69) is 95.8 Å². The van der Waals surface area contributed by atoms with Crippen molar-refractivity contribution in [2.45, 2.75) is 91.1 Å². The minimum Gasteiger partial charge on any atom is -0.444 e. The van der Waals surface area contributed by atoms with Crippen molar-refractivity contribution in [2.75, 3.05) is 66.1 Å². The third-order valence-electron chi connectivity index (χ3n) is 10.6. The molecule has 11 nitrogen and oxygen atoms in total. The van der Waals surface area contributed by atoms with E-state index in [-0.39, 0.29) is 6.09 Å². The number of amides is 1. The fraction of sp³-hybridized carbons (Fsp3) is 0.558. The fourth-order valence-corrected chi connectivity index (χ4v) is 8.14. The number of aryl methyl sites for hydroxylation is 1. The van der Waals surface area contributed by atoms with E-state index in [1.807, 2.05) is 36.5 Å². The Morgan fingerprint density at radius 1 is 0.945 bits per heavy atom. The molecule has 0 saturated carbocycles. The third kappa shape index (κ3) is 11.4. The summed E-state index contributed by atoms with van der Waals surface area (Å²) in [6.45, 7) is 24.0. The molecule has 2 aromatic carbocycles. The van der Waals surface area contributed by atoms with Gasteiger partial charge < -0.3 is 24.0 Å². The summed E-state index contributed by atoms with van der Waals surface area (Å²) in [5, 5.41) is 10.9. The number of hydrogen-bond donors (Lipinski definition) is 0. The second-order valence-corrected chi connectivity index (χ2v) is 23.1. The first kappa shape index (κ1) is 40.8. The molecule has 0 aliphatic carbocycles. The minimum atomic E-state index is -1.20. The summed E-state index contributed by atoms with van der Waals surface area (Å²) in [4.78, 5) is 19.3. The van der Waals surface area contributed by atoms with Crippen LogP contribution in [0.2, 0.25) is 25.7 Å². The number of rotatable bonds is 14. The molecule has 0 spiro atoms. The molecule has 2 aliphatic rings. The van der Waals surface area contributed by atoms with E-state index >= 15 is 0 Å². The number of hydrogen-bond acceptors (Lipinski definition) is 8. The smallest absolute Gasteiger partial charge is 0.410 e. The number of piperidine rings is 1. The molecule has 0 unspecified atom stereocenters. The Balaban J connectivity index is 1.16. The zero-order valence-corrected chi connectivity index (χ0v) is 35.5. The molecule has 0 bridgehead atoms. The van der Waals surface area contributed by atoms with Crippen LogP contribution in [0.15, 0.2) is 48.8 Å². The lowest BCUT2D eigenvalue weighted by atomic mass is 9.96. The molecule has 0 radical (unpaired) electrons. The van der Waals surface area contributed by atoms with Crippen LogP contribution in [0.4, 0.5) is 4.79 Å². The molecular weight excluding hydrogens is 707 g/mol. The predicted octanol–water partition coefficient (Wildman–Crippen LogP) is 8.03. The molecule has 2 aliphatic heterocycles. The predicted molar refractivity (Wildman–Crippen MR) is 225 cm³/mol. The van der Waals surface area contributed by atoms with Crippen LogP contribution in [-0.2, 0) is 27.5 Å². The average molecular weight is 770 g/mol. The molecule has 12 heteroatoms. The van der Waals surface area contributed by atoms with Crippen molar-refractivity contribution in [1.82, 2.24) is 34.3 Å². The lowest BCUT2D eigenvalue weighted by molar-refractivity contribution is 0.0139. The lowest BCUT2D eigenvalue weighted by Gasteiger charge is -2.35.